The Morgan fingerprint density at radius 3 is 1.96 bits per heavy atom. The molecule has 2 N–H and O–H groups in total. The zero-order valence-electron chi connectivity index (χ0n) is 16.8. The number of aromatic hydroxyl groups is 1. The molecule has 2 nitrogen and oxygen atoms in total. The van der Waals surface area contributed by atoms with Crippen molar-refractivity contribution in [1.29, 1.82) is 0 Å². The van der Waals surface area contributed by atoms with Crippen LogP contribution >= 0.6 is 0 Å². The van der Waals surface area contributed by atoms with Crippen LogP contribution in [0.1, 0.15) is 82.6 Å². The molecule has 0 aromatic heterocycles. The van der Waals surface area contributed by atoms with E-state index in [1.807, 2.05) is 12.1 Å². The van der Waals surface area contributed by atoms with Gasteiger partial charge in [0.25, 0.3) is 0 Å². The summed E-state index contributed by atoms with van der Waals surface area (Å²) < 4.78 is 0. The molecule has 0 spiro atoms. The van der Waals surface area contributed by atoms with Crippen molar-refractivity contribution in [1.82, 2.24) is 0 Å². The van der Waals surface area contributed by atoms with Gasteiger partial charge in [-0.05, 0) is 46.1 Å². The minimum atomic E-state index is 0.0708. The van der Waals surface area contributed by atoms with E-state index in [0.29, 0.717) is 24.1 Å². The molecule has 0 atom stereocenters. The maximum Gasteiger partial charge on any atom is 0.120 e. The highest BCUT2D eigenvalue weighted by atomic mass is 16.3. The number of hydrogen-bond acceptors (Lipinski definition) is 2. The molecule has 0 fully saturated rings. The van der Waals surface area contributed by atoms with Crippen molar-refractivity contribution < 1.29 is 5.11 Å². The highest BCUT2D eigenvalue weighted by Crippen LogP contribution is 2.34. The molecule has 2 aromatic rings. The molecule has 0 saturated heterocycles. The van der Waals surface area contributed by atoms with Gasteiger partial charge in [-0.25, -0.2) is 0 Å². The fourth-order valence-corrected chi connectivity index (χ4v) is 3.13. The lowest BCUT2D eigenvalue weighted by Crippen LogP contribution is -2.12. The first-order valence-electron chi connectivity index (χ1n) is 9.30. The van der Waals surface area contributed by atoms with E-state index in [1.165, 1.54) is 22.4 Å². The van der Waals surface area contributed by atoms with Gasteiger partial charge in [-0.1, -0.05) is 72.7 Å². The summed E-state index contributed by atoms with van der Waals surface area (Å²) in [5.41, 5.74) is 6.13. The summed E-state index contributed by atoms with van der Waals surface area (Å²) in [6.07, 6.45) is 0. The Balaban J connectivity index is 2.36. The fraction of sp³-hybridized carbons (Fsp3) is 0.478. The molecule has 0 radical (unpaired) electrons. The van der Waals surface area contributed by atoms with E-state index in [-0.39, 0.29) is 5.41 Å². The van der Waals surface area contributed by atoms with Crippen molar-refractivity contribution >= 4 is 5.69 Å². The third kappa shape index (κ3) is 4.56. The Morgan fingerprint density at radius 2 is 1.48 bits per heavy atom. The third-order valence-corrected chi connectivity index (χ3v) is 4.77. The molecule has 2 heteroatoms. The van der Waals surface area contributed by atoms with Gasteiger partial charge in [0.2, 0.25) is 0 Å². The van der Waals surface area contributed by atoms with Crippen LogP contribution in [0, 0.1) is 0 Å². The van der Waals surface area contributed by atoms with Crippen molar-refractivity contribution in [2.45, 2.75) is 72.3 Å². The van der Waals surface area contributed by atoms with E-state index < -0.39 is 0 Å². The number of phenols is 1. The highest BCUT2D eigenvalue weighted by molar-refractivity contribution is 5.60. The molecular formula is C23H33NO. The van der Waals surface area contributed by atoms with Gasteiger partial charge in [-0.3, -0.25) is 0 Å². The Hall–Kier alpha value is -1.96. The number of phenolic OH excluding ortho intramolecular Hbond substituents is 1. The van der Waals surface area contributed by atoms with Crippen LogP contribution in [0.15, 0.2) is 36.4 Å². The first kappa shape index (κ1) is 19.4. The standard InChI is InChI=1S/C23H33NO/c1-15(2)19-9-8-10-20(16(3)4)22(19)24-14-17-13-18(23(5,6)7)11-12-21(17)25/h8-13,15-16,24-25H,14H2,1-7H3. The smallest absolute Gasteiger partial charge is 0.120 e. The molecule has 2 rings (SSSR count). The van der Waals surface area contributed by atoms with Crippen molar-refractivity contribution in [2.75, 3.05) is 5.32 Å². The summed E-state index contributed by atoms with van der Waals surface area (Å²) in [5.74, 6) is 1.26. The molecule has 0 saturated carbocycles. The van der Waals surface area contributed by atoms with E-state index in [4.69, 9.17) is 0 Å². The molecular weight excluding hydrogens is 306 g/mol. The van der Waals surface area contributed by atoms with Crippen LogP contribution in [0.25, 0.3) is 0 Å². The second-order valence-electron chi connectivity index (χ2n) is 8.57. The van der Waals surface area contributed by atoms with Crippen LogP contribution in [-0.2, 0) is 12.0 Å². The normalized spacial score (nSPS) is 12.0. The summed E-state index contributed by atoms with van der Waals surface area (Å²) in [7, 11) is 0. The van der Waals surface area contributed by atoms with Gasteiger partial charge < -0.3 is 10.4 Å². The van der Waals surface area contributed by atoms with Crippen molar-refractivity contribution in [3.63, 3.8) is 0 Å². The summed E-state index contributed by atoms with van der Waals surface area (Å²) >= 11 is 0. The van der Waals surface area contributed by atoms with Crippen LogP contribution in [0.4, 0.5) is 5.69 Å². The van der Waals surface area contributed by atoms with Gasteiger partial charge in [-0.2, -0.15) is 0 Å². The van der Waals surface area contributed by atoms with Crippen LogP contribution in [-0.4, -0.2) is 5.11 Å². The van der Waals surface area contributed by atoms with Crippen molar-refractivity contribution in [3.05, 3.63) is 58.7 Å². The molecule has 0 unspecified atom stereocenters. The number of benzene rings is 2. The van der Waals surface area contributed by atoms with Gasteiger partial charge in [0.05, 0.1) is 0 Å². The largest absolute Gasteiger partial charge is 0.508 e. The van der Waals surface area contributed by atoms with Gasteiger partial charge in [0.15, 0.2) is 0 Å². The summed E-state index contributed by atoms with van der Waals surface area (Å²) in [5, 5.41) is 13.9. The van der Waals surface area contributed by atoms with Gasteiger partial charge in [0, 0.05) is 17.8 Å². The van der Waals surface area contributed by atoms with Crippen LogP contribution < -0.4 is 5.32 Å². The Kier molecular flexibility index (Phi) is 5.82. The highest BCUT2D eigenvalue weighted by Gasteiger charge is 2.17. The van der Waals surface area contributed by atoms with E-state index in [1.54, 1.807) is 0 Å². The summed E-state index contributed by atoms with van der Waals surface area (Å²) in [6.45, 7) is 16.1. The molecule has 136 valence electrons. The topological polar surface area (TPSA) is 32.3 Å². The molecule has 2 aromatic carbocycles. The predicted octanol–water partition coefficient (Wildman–Crippen LogP) is 6.55. The van der Waals surface area contributed by atoms with Gasteiger partial charge in [-0.15, -0.1) is 0 Å². The number of nitrogens with one attached hydrogen (secondary N) is 1. The minimum absolute atomic E-state index is 0.0708. The van der Waals surface area contributed by atoms with E-state index in [2.05, 4.69) is 78.0 Å². The zero-order chi connectivity index (χ0) is 18.8. The second kappa shape index (κ2) is 7.51. The fourth-order valence-electron chi connectivity index (χ4n) is 3.13. The third-order valence-electron chi connectivity index (χ3n) is 4.77. The number of hydrogen-bond donors (Lipinski definition) is 2. The maximum atomic E-state index is 10.3. The van der Waals surface area contributed by atoms with Crippen molar-refractivity contribution in [3.8, 4) is 5.75 Å². The number of para-hydroxylation sites is 1. The first-order chi connectivity index (χ1) is 11.6. The van der Waals surface area contributed by atoms with E-state index >= 15 is 0 Å². The molecule has 0 aliphatic carbocycles. The number of rotatable bonds is 5. The maximum absolute atomic E-state index is 10.3. The molecule has 0 amide bonds. The lowest BCUT2D eigenvalue weighted by molar-refractivity contribution is 0.467. The first-order valence-corrected chi connectivity index (χ1v) is 9.30. The molecule has 0 heterocycles. The minimum Gasteiger partial charge on any atom is -0.508 e. The zero-order valence-corrected chi connectivity index (χ0v) is 16.8. The van der Waals surface area contributed by atoms with Gasteiger partial charge >= 0.3 is 0 Å². The average molecular weight is 340 g/mol. The Bertz CT molecular complexity index is 697. The average Bonchev–Trinajstić information content (AvgIpc) is 2.52. The van der Waals surface area contributed by atoms with Crippen LogP contribution in [0.3, 0.4) is 0 Å². The second-order valence-corrected chi connectivity index (χ2v) is 8.57. The number of anilines is 1. The van der Waals surface area contributed by atoms with E-state index in [0.717, 1.165) is 5.56 Å². The molecule has 0 bridgehead atoms. The Labute approximate surface area is 153 Å². The van der Waals surface area contributed by atoms with Crippen molar-refractivity contribution in [2.24, 2.45) is 0 Å². The SMILES string of the molecule is CC(C)c1cccc(C(C)C)c1NCc1cc(C(C)(C)C)ccc1O. The predicted molar refractivity (Wildman–Crippen MR) is 109 cm³/mol. The molecule has 25 heavy (non-hydrogen) atoms. The Morgan fingerprint density at radius 1 is 0.920 bits per heavy atom. The van der Waals surface area contributed by atoms with E-state index in [9.17, 15) is 5.11 Å². The quantitative estimate of drug-likeness (QED) is 0.647. The summed E-state index contributed by atoms with van der Waals surface area (Å²) in [4.78, 5) is 0. The van der Waals surface area contributed by atoms with Crippen LogP contribution in [0.2, 0.25) is 0 Å². The lowest BCUT2D eigenvalue weighted by atomic mass is 9.86. The lowest BCUT2D eigenvalue weighted by Gasteiger charge is -2.23. The van der Waals surface area contributed by atoms with Crippen LogP contribution in [0.5, 0.6) is 5.75 Å². The molecule has 0 aliphatic rings. The molecule has 0 aliphatic heterocycles. The monoisotopic (exact) mass is 339 g/mol. The van der Waals surface area contributed by atoms with Gasteiger partial charge in [0.1, 0.15) is 5.75 Å². The summed E-state index contributed by atoms with van der Waals surface area (Å²) in [6, 6.07) is 12.5.